The van der Waals surface area contributed by atoms with Crippen molar-refractivity contribution < 1.29 is 9.90 Å². The van der Waals surface area contributed by atoms with Gasteiger partial charge in [-0.2, -0.15) is 0 Å². The molecule has 0 saturated carbocycles. The fraction of sp³-hybridized carbons (Fsp3) is 0.286. The van der Waals surface area contributed by atoms with Crippen molar-refractivity contribution in [2.45, 2.75) is 25.2 Å². The van der Waals surface area contributed by atoms with Crippen molar-refractivity contribution in [2.75, 3.05) is 5.32 Å². The Bertz CT molecular complexity index is 704. The molecule has 0 radical (unpaired) electrons. The van der Waals surface area contributed by atoms with Gasteiger partial charge in [-0.05, 0) is 53.4 Å². The summed E-state index contributed by atoms with van der Waals surface area (Å²) < 4.78 is 0.805. The summed E-state index contributed by atoms with van der Waals surface area (Å²) in [6.45, 7) is 0. The highest BCUT2D eigenvalue weighted by Crippen LogP contribution is 2.38. The van der Waals surface area contributed by atoms with Crippen LogP contribution in [0.3, 0.4) is 0 Å². The Labute approximate surface area is 139 Å². The van der Waals surface area contributed by atoms with Crippen molar-refractivity contribution >= 4 is 55.7 Å². The molecule has 2 aromatic rings. The zero-order valence-corrected chi connectivity index (χ0v) is 14.1. The molecule has 2 N–H and O–H groups in total. The van der Waals surface area contributed by atoms with Gasteiger partial charge in [0.15, 0.2) is 5.13 Å². The molecule has 1 aliphatic rings. The number of nitrogens with one attached hydrogen (secondary N) is 1. The number of aryl methyl sites for hydroxylation is 1. The second kappa shape index (κ2) is 5.94. The largest absolute Gasteiger partial charge is 0.481 e. The molecular weight excluding hydrogens is 376 g/mol. The van der Waals surface area contributed by atoms with Crippen LogP contribution in [0.1, 0.15) is 29.3 Å². The normalized spacial score (nSPS) is 17.3. The van der Waals surface area contributed by atoms with Crippen LogP contribution in [-0.4, -0.2) is 16.1 Å². The van der Waals surface area contributed by atoms with Gasteiger partial charge < -0.3 is 10.4 Å². The van der Waals surface area contributed by atoms with Gasteiger partial charge in [0, 0.05) is 15.0 Å². The van der Waals surface area contributed by atoms with Crippen LogP contribution in [0.2, 0.25) is 5.02 Å². The van der Waals surface area contributed by atoms with E-state index < -0.39 is 11.9 Å². The van der Waals surface area contributed by atoms with Gasteiger partial charge in [-0.25, -0.2) is 4.98 Å². The van der Waals surface area contributed by atoms with Gasteiger partial charge in [0.05, 0.1) is 10.7 Å². The van der Waals surface area contributed by atoms with E-state index in [1.807, 2.05) is 12.1 Å². The minimum absolute atomic E-state index is 0.475. The number of nitrogens with zero attached hydrogens (tertiary/aromatic N) is 1. The first-order valence-corrected chi connectivity index (χ1v) is 8.48. The van der Waals surface area contributed by atoms with E-state index in [-0.39, 0.29) is 0 Å². The van der Waals surface area contributed by atoms with E-state index in [4.69, 9.17) is 11.6 Å². The van der Waals surface area contributed by atoms with E-state index in [1.165, 1.54) is 11.3 Å². The summed E-state index contributed by atoms with van der Waals surface area (Å²) in [5.74, 6) is -1.26. The molecule has 1 unspecified atom stereocenters. The van der Waals surface area contributed by atoms with Gasteiger partial charge >= 0.3 is 5.97 Å². The number of carboxylic acid groups (broad SMARTS) is 1. The van der Waals surface area contributed by atoms with Crippen molar-refractivity contribution in [1.29, 1.82) is 0 Å². The Morgan fingerprint density at radius 2 is 2.33 bits per heavy atom. The number of thiazole rings is 1. The first-order chi connectivity index (χ1) is 10.0. The first kappa shape index (κ1) is 14.8. The molecule has 0 aliphatic heterocycles. The van der Waals surface area contributed by atoms with Crippen LogP contribution in [0.25, 0.3) is 0 Å². The van der Waals surface area contributed by atoms with Crippen LogP contribution in [0, 0.1) is 0 Å². The molecule has 1 heterocycles. The van der Waals surface area contributed by atoms with Gasteiger partial charge in [-0.15, -0.1) is 11.3 Å². The summed E-state index contributed by atoms with van der Waals surface area (Å²) in [5, 5.41) is 13.9. The smallest absolute Gasteiger partial charge is 0.312 e. The summed E-state index contributed by atoms with van der Waals surface area (Å²) in [6, 6.07) is 5.53. The standard InChI is InChI=1S/C14H12BrClN2O2S/c15-9-6-7(4-5-10(9)16)17-14-18-12-8(13(19)20)2-1-3-11(12)21-14/h4-6,8H,1-3H2,(H,17,18)(H,19,20). The predicted molar refractivity (Wildman–Crippen MR) is 87.9 cm³/mol. The average Bonchev–Trinajstić information content (AvgIpc) is 2.84. The molecule has 0 amide bonds. The van der Waals surface area contributed by atoms with Crippen molar-refractivity contribution in [3.63, 3.8) is 0 Å². The number of carboxylic acids is 1. The number of anilines is 2. The van der Waals surface area contributed by atoms with Gasteiger partial charge in [0.2, 0.25) is 0 Å². The second-order valence-electron chi connectivity index (χ2n) is 4.86. The van der Waals surface area contributed by atoms with Crippen LogP contribution in [0.5, 0.6) is 0 Å². The average molecular weight is 388 g/mol. The molecular formula is C14H12BrClN2O2S. The molecule has 1 aromatic carbocycles. The summed E-state index contributed by atoms with van der Waals surface area (Å²) in [7, 11) is 0. The Hall–Kier alpha value is -1.11. The number of carbonyl (C=O) groups is 1. The molecule has 3 rings (SSSR count). The zero-order valence-electron chi connectivity index (χ0n) is 10.9. The number of fused-ring (bicyclic) bond motifs is 1. The van der Waals surface area contributed by atoms with E-state index in [9.17, 15) is 9.90 Å². The number of hydrogen-bond donors (Lipinski definition) is 2. The fourth-order valence-electron chi connectivity index (χ4n) is 2.41. The van der Waals surface area contributed by atoms with Crippen molar-refractivity contribution in [1.82, 2.24) is 4.98 Å². The summed E-state index contributed by atoms with van der Waals surface area (Å²) in [6.07, 6.45) is 2.47. The maximum atomic E-state index is 11.3. The fourth-order valence-corrected chi connectivity index (χ4v) is 3.99. The molecule has 110 valence electrons. The highest BCUT2D eigenvalue weighted by Gasteiger charge is 2.29. The van der Waals surface area contributed by atoms with Crippen molar-refractivity contribution in [3.05, 3.63) is 38.3 Å². The second-order valence-corrected chi connectivity index (χ2v) is 7.21. The Kier molecular flexibility index (Phi) is 4.19. The van der Waals surface area contributed by atoms with Crippen LogP contribution in [0.15, 0.2) is 22.7 Å². The third-order valence-electron chi connectivity index (χ3n) is 3.42. The van der Waals surface area contributed by atoms with Crippen LogP contribution in [0.4, 0.5) is 10.8 Å². The topological polar surface area (TPSA) is 62.2 Å². The molecule has 1 aromatic heterocycles. The Morgan fingerprint density at radius 1 is 1.52 bits per heavy atom. The highest BCUT2D eigenvalue weighted by atomic mass is 79.9. The van der Waals surface area contributed by atoms with E-state index >= 15 is 0 Å². The van der Waals surface area contributed by atoms with Crippen LogP contribution >= 0.6 is 38.9 Å². The third kappa shape index (κ3) is 3.07. The maximum Gasteiger partial charge on any atom is 0.312 e. The molecule has 4 nitrogen and oxygen atoms in total. The first-order valence-electron chi connectivity index (χ1n) is 6.49. The van der Waals surface area contributed by atoms with E-state index in [0.717, 1.165) is 33.0 Å². The SMILES string of the molecule is O=C(O)C1CCCc2sc(Nc3ccc(Cl)c(Br)c3)nc21. The molecule has 7 heteroatoms. The zero-order chi connectivity index (χ0) is 15.0. The number of benzene rings is 1. The number of aromatic nitrogens is 1. The predicted octanol–water partition coefficient (Wildman–Crippen LogP) is 4.81. The molecule has 0 bridgehead atoms. The van der Waals surface area contributed by atoms with Gasteiger partial charge in [-0.1, -0.05) is 11.6 Å². The summed E-state index contributed by atoms with van der Waals surface area (Å²) >= 11 is 10.9. The lowest BCUT2D eigenvalue weighted by molar-refractivity contribution is -0.139. The molecule has 0 spiro atoms. The van der Waals surface area contributed by atoms with Crippen molar-refractivity contribution in [2.24, 2.45) is 0 Å². The van der Waals surface area contributed by atoms with E-state index in [2.05, 4.69) is 26.2 Å². The van der Waals surface area contributed by atoms with Crippen molar-refractivity contribution in [3.8, 4) is 0 Å². The van der Waals surface area contributed by atoms with E-state index in [0.29, 0.717) is 17.1 Å². The van der Waals surface area contributed by atoms with Gasteiger partial charge in [0.25, 0.3) is 0 Å². The van der Waals surface area contributed by atoms with Gasteiger partial charge in [-0.3, -0.25) is 4.79 Å². The summed E-state index contributed by atoms with van der Waals surface area (Å²) in [4.78, 5) is 16.8. The Balaban J connectivity index is 1.87. The third-order valence-corrected chi connectivity index (χ3v) is 5.68. The van der Waals surface area contributed by atoms with Crippen LogP contribution in [-0.2, 0) is 11.2 Å². The number of rotatable bonds is 3. The highest BCUT2D eigenvalue weighted by molar-refractivity contribution is 9.10. The molecule has 21 heavy (non-hydrogen) atoms. The quantitative estimate of drug-likeness (QED) is 0.793. The lowest BCUT2D eigenvalue weighted by Gasteiger charge is -2.16. The minimum atomic E-state index is -0.790. The number of halogens is 2. The monoisotopic (exact) mass is 386 g/mol. The lowest BCUT2D eigenvalue weighted by Crippen LogP contribution is -2.17. The number of aliphatic carboxylic acids is 1. The molecule has 1 atom stereocenters. The molecule has 0 saturated heterocycles. The molecule has 1 aliphatic carbocycles. The lowest BCUT2D eigenvalue weighted by atomic mass is 9.91. The van der Waals surface area contributed by atoms with E-state index in [1.54, 1.807) is 6.07 Å². The Morgan fingerprint density at radius 3 is 3.05 bits per heavy atom. The maximum absolute atomic E-state index is 11.3. The molecule has 0 fully saturated rings. The summed E-state index contributed by atoms with van der Waals surface area (Å²) in [5.41, 5.74) is 1.58. The van der Waals surface area contributed by atoms with Gasteiger partial charge in [0.1, 0.15) is 5.92 Å². The van der Waals surface area contributed by atoms with Crippen LogP contribution < -0.4 is 5.32 Å². The minimum Gasteiger partial charge on any atom is -0.481 e. The number of hydrogen-bond acceptors (Lipinski definition) is 4.